The lowest BCUT2D eigenvalue weighted by atomic mass is 9.91. The Bertz CT molecular complexity index is 1150. The molecule has 2 aliphatic heterocycles. The predicted molar refractivity (Wildman–Crippen MR) is 124 cm³/mol. The van der Waals surface area contributed by atoms with Crippen molar-refractivity contribution in [3.8, 4) is 5.75 Å². The summed E-state index contributed by atoms with van der Waals surface area (Å²) in [5.41, 5.74) is 3.35. The van der Waals surface area contributed by atoms with Gasteiger partial charge in [0.2, 0.25) is 0 Å². The SMILES string of the molecule is CC1CN(C)C(=O)c2cc(OCCCN3CCC(c4noc5cc(F)ccc45)CC3)ccc21. The first-order valence-electron chi connectivity index (χ1n) is 11.8. The molecular weight excluding hydrogens is 421 g/mol. The van der Waals surface area contributed by atoms with Gasteiger partial charge in [-0.25, -0.2) is 4.39 Å². The molecule has 174 valence electrons. The maximum Gasteiger partial charge on any atom is 0.254 e. The van der Waals surface area contributed by atoms with Crippen LogP contribution in [-0.2, 0) is 0 Å². The molecular formula is C26H30FN3O3. The number of aromatic nitrogens is 1. The Kier molecular flexibility index (Phi) is 6.06. The highest BCUT2D eigenvalue weighted by Crippen LogP contribution is 2.33. The number of rotatable bonds is 6. The minimum Gasteiger partial charge on any atom is -0.494 e. The zero-order valence-electron chi connectivity index (χ0n) is 19.2. The number of ether oxygens (including phenoxy) is 1. The number of likely N-dealkylation sites (N-methyl/N-ethyl adjacent to an activating group) is 1. The van der Waals surface area contributed by atoms with Gasteiger partial charge in [-0.05, 0) is 68.1 Å². The van der Waals surface area contributed by atoms with E-state index in [-0.39, 0.29) is 11.7 Å². The standard InChI is InChI=1S/C26H30FN3O3/c1-17-16-29(2)26(31)23-15-20(5-7-21(17)23)32-13-3-10-30-11-8-18(9-12-30)25-22-6-4-19(27)14-24(22)33-28-25/h4-7,14-15,17-18H,3,8-13,16H2,1-2H3. The highest BCUT2D eigenvalue weighted by molar-refractivity contribution is 5.97. The maximum atomic E-state index is 13.4. The summed E-state index contributed by atoms with van der Waals surface area (Å²) in [6, 6.07) is 10.5. The van der Waals surface area contributed by atoms with Crippen LogP contribution in [0, 0.1) is 5.82 Å². The first kappa shape index (κ1) is 21.9. The number of amides is 1. The number of piperidine rings is 1. The molecule has 0 saturated carbocycles. The molecule has 1 amide bonds. The van der Waals surface area contributed by atoms with Gasteiger partial charge in [0.15, 0.2) is 5.58 Å². The summed E-state index contributed by atoms with van der Waals surface area (Å²) in [6.07, 6.45) is 2.95. The molecule has 0 spiro atoms. The van der Waals surface area contributed by atoms with Gasteiger partial charge < -0.3 is 19.1 Å². The van der Waals surface area contributed by atoms with E-state index in [9.17, 15) is 9.18 Å². The van der Waals surface area contributed by atoms with Crippen molar-refractivity contribution >= 4 is 16.9 Å². The van der Waals surface area contributed by atoms with E-state index in [4.69, 9.17) is 9.26 Å². The summed E-state index contributed by atoms with van der Waals surface area (Å²) in [5, 5.41) is 5.16. The minimum atomic E-state index is -0.300. The van der Waals surface area contributed by atoms with E-state index in [0.29, 0.717) is 24.0 Å². The third-order valence-corrected chi connectivity index (χ3v) is 7.00. The second kappa shape index (κ2) is 9.14. The van der Waals surface area contributed by atoms with Crippen molar-refractivity contribution in [2.75, 3.05) is 39.8 Å². The molecule has 1 aromatic heterocycles. The molecule has 3 heterocycles. The molecule has 2 aromatic carbocycles. The van der Waals surface area contributed by atoms with Crippen LogP contribution in [0.15, 0.2) is 40.9 Å². The Hall–Kier alpha value is -2.93. The normalized spacial score (nSPS) is 19.8. The highest BCUT2D eigenvalue weighted by atomic mass is 19.1. The zero-order chi connectivity index (χ0) is 22.9. The number of nitrogens with zero attached hydrogens (tertiary/aromatic N) is 3. The second-order valence-corrected chi connectivity index (χ2v) is 9.36. The topological polar surface area (TPSA) is 58.8 Å². The van der Waals surface area contributed by atoms with Gasteiger partial charge in [-0.15, -0.1) is 0 Å². The highest BCUT2D eigenvalue weighted by Gasteiger charge is 2.27. The minimum absolute atomic E-state index is 0.0708. The smallest absolute Gasteiger partial charge is 0.254 e. The van der Waals surface area contributed by atoms with Crippen molar-refractivity contribution in [1.29, 1.82) is 0 Å². The van der Waals surface area contributed by atoms with Gasteiger partial charge in [0.25, 0.3) is 5.91 Å². The van der Waals surface area contributed by atoms with E-state index in [0.717, 1.165) is 73.4 Å². The third-order valence-electron chi connectivity index (χ3n) is 7.00. The van der Waals surface area contributed by atoms with Gasteiger partial charge in [0.05, 0.1) is 12.3 Å². The lowest BCUT2D eigenvalue weighted by Crippen LogP contribution is -2.36. The number of hydrogen-bond acceptors (Lipinski definition) is 5. The van der Waals surface area contributed by atoms with Crippen LogP contribution in [0.4, 0.5) is 4.39 Å². The van der Waals surface area contributed by atoms with Gasteiger partial charge in [-0.1, -0.05) is 18.1 Å². The van der Waals surface area contributed by atoms with Gasteiger partial charge in [-0.2, -0.15) is 0 Å². The van der Waals surface area contributed by atoms with E-state index in [1.165, 1.54) is 12.1 Å². The molecule has 1 atom stereocenters. The van der Waals surface area contributed by atoms with Crippen molar-refractivity contribution in [3.05, 3.63) is 59.0 Å². The van der Waals surface area contributed by atoms with Crippen molar-refractivity contribution in [2.24, 2.45) is 0 Å². The van der Waals surface area contributed by atoms with Crippen LogP contribution in [0.3, 0.4) is 0 Å². The third kappa shape index (κ3) is 4.47. The summed E-state index contributed by atoms with van der Waals surface area (Å²) in [6.45, 7) is 6.50. The molecule has 1 fully saturated rings. The number of hydrogen-bond donors (Lipinski definition) is 0. The van der Waals surface area contributed by atoms with Gasteiger partial charge in [0, 0.05) is 43.1 Å². The average molecular weight is 452 g/mol. The fourth-order valence-electron chi connectivity index (χ4n) is 5.17. The fraction of sp³-hybridized carbons (Fsp3) is 0.462. The summed E-state index contributed by atoms with van der Waals surface area (Å²) in [5.74, 6) is 1.22. The Morgan fingerprint density at radius 2 is 2.00 bits per heavy atom. The van der Waals surface area contributed by atoms with Crippen LogP contribution in [0.25, 0.3) is 11.0 Å². The first-order valence-corrected chi connectivity index (χ1v) is 11.8. The molecule has 2 aliphatic rings. The van der Waals surface area contributed by atoms with E-state index in [2.05, 4.69) is 17.0 Å². The average Bonchev–Trinajstić information content (AvgIpc) is 3.23. The maximum absolute atomic E-state index is 13.4. The first-order chi connectivity index (χ1) is 16.0. The predicted octanol–water partition coefficient (Wildman–Crippen LogP) is 4.80. The van der Waals surface area contributed by atoms with Crippen LogP contribution in [0.1, 0.15) is 59.6 Å². The number of likely N-dealkylation sites (tertiary alicyclic amines) is 1. The van der Waals surface area contributed by atoms with Crippen LogP contribution < -0.4 is 4.74 Å². The lowest BCUT2D eigenvalue weighted by molar-refractivity contribution is 0.0767. The Balaban J connectivity index is 1.10. The van der Waals surface area contributed by atoms with E-state index in [1.807, 2.05) is 25.2 Å². The van der Waals surface area contributed by atoms with Crippen LogP contribution in [-0.4, -0.2) is 60.7 Å². The molecule has 1 saturated heterocycles. The molecule has 5 rings (SSSR count). The molecule has 0 aliphatic carbocycles. The van der Waals surface area contributed by atoms with E-state index >= 15 is 0 Å². The number of fused-ring (bicyclic) bond motifs is 2. The summed E-state index contributed by atoms with van der Waals surface area (Å²) < 4.78 is 24.7. The molecule has 0 N–H and O–H groups in total. The summed E-state index contributed by atoms with van der Waals surface area (Å²) in [4.78, 5) is 16.7. The van der Waals surface area contributed by atoms with Gasteiger partial charge in [-0.3, -0.25) is 4.79 Å². The van der Waals surface area contributed by atoms with Gasteiger partial charge >= 0.3 is 0 Å². The zero-order valence-corrected chi connectivity index (χ0v) is 19.2. The molecule has 7 heteroatoms. The lowest BCUT2D eigenvalue weighted by Gasteiger charge is -2.31. The quantitative estimate of drug-likeness (QED) is 0.504. The number of carbonyl (C=O) groups excluding carboxylic acids is 1. The fourth-order valence-corrected chi connectivity index (χ4v) is 5.17. The van der Waals surface area contributed by atoms with Crippen molar-refractivity contribution in [1.82, 2.24) is 15.0 Å². The summed E-state index contributed by atoms with van der Waals surface area (Å²) >= 11 is 0. The largest absolute Gasteiger partial charge is 0.494 e. The Labute approximate surface area is 193 Å². The number of carbonyl (C=O) groups is 1. The molecule has 6 nitrogen and oxygen atoms in total. The van der Waals surface area contributed by atoms with Crippen LogP contribution in [0.5, 0.6) is 5.75 Å². The molecule has 33 heavy (non-hydrogen) atoms. The second-order valence-electron chi connectivity index (χ2n) is 9.36. The van der Waals surface area contributed by atoms with Crippen molar-refractivity contribution in [2.45, 2.75) is 38.0 Å². The van der Waals surface area contributed by atoms with Crippen LogP contribution in [0.2, 0.25) is 0 Å². The van der Waals surface area contributed by atoms with Gasteiger partial charge in [0.1, 0.15) is 11.6 Å². The molecule has 0 bridgehead atoms. The molecule has 0 radical (unpaired) electrons. The number of benzene rings is 2. The van der Waals surface area contributed by atoms with Crippen molar-refractivity contribution in [3.63, 3.8) is 0 Å². The molecule has 3 aromatic rings. The number of halogens is 1. The van der Waals surface area contributed by atoms with Crippen molar-refractivity contribution < 1.29 is 18.4 Å². The van der Waals surface area contributed by atoms with E-state index in [1.54, 1.807) is 11.0 Å². The summed E-state index contributed by atoms with van der Waals surface area (Å²) in [7, 11) is 1.85. The monoisotopic (exact) mass is 451 g/mol. The van der Waals surface area contributed by atoms with E-state index < -0.39 is 0 Å². The molecule has 1 unspecified atom stereocenters. The Morgan fingerprint density at radius 1 is 1.18 bits per heavy atom. The Morgan fingerprint density at radius 3 is 2.82 bits per heavy atom. The van der Waals surface area contributed by atoms with Crippen LogP contribution >= 0.6 is 0 Å².